The van der Waals surface area contributed by atoms with E-state index in [9.17, 15) is 4.79 Å². The van der Waals surface area contributed by atoms with Crippen LogP contribution in [0, 0.1) is 0 Å². The van der Waals surface area contributed by atoms with Gasteiger partial charge in [0.05, 0.1) is 12.8 Å². The van der Waals surface area contributed by atoms with Crippen LogP contribution in [0.3, 0.4) is 0 Å². The average Bonchev–Trinajstić information content (AvgIpc) is 3.38. The van der Waals surface area contributed by atoms with Gasteiger partial charge in [-0.2, -0.15) is 0 Å². The molecule has 7 nitrogen and oxygen atoms in total. The van der Waals surface area contributed by atoms with Crippen LogP contribution in [0.5, 0.6) is 0 Å². The van der Waals surface area contributed by atoms with Crippen LogP contribution >= 0.6 is 11.8 Å². The average molecular weight is 363 g/mol. The number of thioether (sulfide) groups is 1. The molecule has 2 aromatic heterocycles. The summed E-state index contributed by atoms with van der Waals surface area (Å²) >= 11 is 1.65. The Morgan fingerprint density at radius 2 is 2.20 bits per heavy atom. The highest BCUT2D eigenvalue weighted by atomic mass is 32.2. The van der Waals surface area contributed by atoms with Gasteiger partial charge in [0.1, 0.15) is 11.6 Å². The summed E-state index contributed by atoms with van der Waals surface area (Å²) < 4.78 is 7.49. The second-order valence-corrected chi connectivity index (χ2v) is 6.98. The Hall–Kier alpha value is -1.96. The predicted octanol–water partition coefficient (Wildman–Crippen LogP) is 3.14. The second kappa shape index (κ2) is 8.94. The minimum absolute atomic E-state index is 0.182. The molecule has 1 fully saturated rings. The molecule has 25 heavy (non-hydrogen) atoms. The molecule has 8 heteroatoms. The van der Waals surface area contributed by atoms with Crippen molar-refractivity contribution >= 4 is 17.8 Å². The third kappa shape index (κ3) is 4.78. The molecule has 1 saturated carbocycles. The van der Waals surface area contributed by atoms with Gasteiger partial charge < -0.3 is 19.6 Å². The lowest BCUT2D eigenvalue weighted by Gasteiger charge is -2.16. The fourth-order valence-electron chi connectivity index (χ4n) is 3.24. The lowest BCUT2D eigenvalue weighted by molar-refractivity contribution is 0.239. The number of amides is 2. The number of aromatic nitrogens is 3. The summed E-state index contributed by atoms with van der Waals surface area (Å²) in [6, 6.07) is 3.99. The smallest absolute Gasteiger partial charge is 0.315 e. The van der Waals surface area contributed by atoms with Crippen molar-refractivity contribution < 1.29 is 9.21 Å². The van der Waals surface area contributed by atoms with E-state index in [-0.39, 0.29) is 6.03 Å². The fraction of sp³-hybridized carbons (Fsp3) is 0.588. The van der Waals surface area contributed by atoms with Crippen LogP contribution in [0.1, 0.15) is 49.7 Å². The monoisotopic (exact) mass is 363 g/mol. The van der Waals surface area contributed by atoms with E-state index in [4.69, 9.17) is 4.42 Å². The zero-order chi connectivity index (χ0) is 17.5. The summed E-state index contributed by atoms with van der Waals surface area (Å²) in [6.45, 7) is 1.00. The second-order valence-electron chi connectivity index (χ2n) is 6.20. The van der Waals surface area contributed by atoms with E-state index in [0.29, 0.717) is 19.1 Å². The first kappa shape index (κ1) is 17.8. The molecule has 2 heterocycles. The maximum absolute atomic E-state index is 11.8. The number of carbonyl (C=O) groups is 1. The number of furan rings is 1. The molecule has 2 aromatic rings. The number of urea groups is 1. The zero-order valence-electron chi connectivity index (χ0n) is 14.5. The highest BCUT2D eigenvalue weighted by Crippen LogP contribution is 2.33. The molecular weight excluding hydrogens is 338 g/mol. The number of aryl methyl sites for hydroxylation is 1. The summed E-state index contributed by atoms with van der Waals surface area (Å²) in [4.78, 5) is 11.8. The highest BCUT2D eigenvalue weighted by Gasteiger charge is 2.23. The van der Waals surface area contributed by atoms with E-state index in [1.165, 1.54) is 25.7 Å². The molecule has 0 bridgehead atoms. The minimum atomic E-state index is -0.182. The molecule has 3 rings (SSSR count). The molecule has 2 N–H and O–H groups in total. The SMILES string of the molecule is CSc1nnc(CCCNC(=O)NCc2ccco2)n1C1CCCC1. The lowest BCUT2D eigenvalue weighted by Crippen LogP contribution is -2.35. The van der Waals surface area contributed by atoms with Crippen LogP contribution in [-0.4, -0.2) is 33.6 Å². The van der Waals surface area contributed by atoms with Gasteiger partial charge in [-0.3, -0.25) is 0 Å². The molecule has 0 aliphatic heterocycles. The molecule has 0 unspecified atom stereocenters. The first-order chi connectivity index (χ1) is 12.3. The Kier molecular flexibility index (Phi) is 6.38. The van der Waals surface area contributed by atoms with Gasteiger partial charge in [-0.25, -0.2) is 4.79 Å². The predicted molar refractivity (Wildman–Crippen MR) is 96.6 cm³/mol. The fourth-order valence-corrected chi connectivity index (χ4v) is 3.81. The van der Waals surface area contributed by atoms with E-state index in [1.54, 1.807) is 24.1 Å². The highest BCUT2D eigenvalue weighted by molar-refractivity contribution is 7.98. The van der Waals surface area contributed by atoms with Crippen molar-refractivity contribution in [1.82, 2.24) is 25.4 Å². The van der Waals surface area contributed by atoms with Gasteiger partial charge in [-0.1, -0.05) is 24.6 Å². The molecule has 1 aliphatic rings. The normalized spacial score (nSPS) is 14.8. The molecule has 2 amide bonds. The van der Waals surface area contributed by atoms with Gasteiger partial charge in [0.15, 0.2) is 5.16 Å². The van der Waals surface area contributed by atoms with Gasteiger partial charge in [-0.15, -0.1) is 10.2 Å². The number of nitrogens with one attached hydrogen (secondary N) is 2. The minimum Gasteiger partial charge on any atom is -0.467 e. The van der Waals surface area contributed by atoms with Crippen LogP contribution in [0.25, 0.3) is 0 Å². The van der Waals surface area contributed by atoms with Gasteiger partial charge in [0.2, 0.25) is 0 Å². The Labute approximate surface area is 152 Å². The number of hydrogen-bond donors (Lipinski definition) is 2. The first-order valence-corrected chi connectivity index (χ1v) is 10.0. The summed E-state index contributed by atoms with van der Waals surface area (Å²) in [6.07, 6.45) is 10.3. The van der Waals surface area contributed by atoms with Crippen LogP contribution < -0.4 is 10.6 Å². The number of rotatable bonds is 8. The number of carbonyl (C=O) groups excluding carboxylic acids is 1. The molecule has 0 spiro atoms. The summed E-state index contributed by atoms with van der Waals surface area (Å²) in [7, 11) is 0. The van der Waals surface area contributed by atoms with Gasteiger partial charge in [0.25, 0.3) is 0 Å². The Morgan fingerprint density at radius 3 is 2.92 bits per heavy atom. The number of nitrogens with zero attached hydrogens (tertiary/aromatic N) is 3. The van der Waals surface area contributed by atoms with Crippen molar-refractivity contribution in [1.29, 1.82) is 0 Å². The zero-order valence-corrected chi connectivity index (χ0v) is 15.3. The third-order valence-electron chi connectivity index (χ3n) is 4.47. The lowest BCUT2D eigenvalue weighted by atomic mass is 10.2. The standard InChI is InChI=1S/C17H25N5O2S/c1-25-17-21-20-15(22(17)13-6-2-3-7-13)9-4-10-18-16(23)19-12-14-8-5-11-24-14/h5,8,11,13H,2-4,6-7,9-10,12H2,1H3,(H2,18,19,23). The van der Waals surface area contributed by atoms with Crippen LogP contribution in [-0.2, 0) is 13.0 Å². The Balaban J connectivity index is 1.42. The topological polar surface area (TPSA) is 85.0 Å². The summed E-state index contributed by atoms with van der Waals surface area (Å²) in [5.41, 5.74) is 0. The Morgan fingerprint density at radius 1 is 1.36 bits per heavy atom. The van der Waals surface area contributed by atoms with Crippen molar-refractivity contribution in [3.05, 3.63) is 30.0 Å². The van der Waals surface area contributed by atoms with Crippen molar-refractivity contribution in [2.24, 2.45) is 0 Å². The van der Waals surface area contributed by atoms with Crippen molar-refractivity contribution in [3.63, 3.8) is 0 Å². The molecule has 0 aromatic carbocycles. The van der Waals surface area contributed by atoms with E-state index < -0.39 is 0 Å². The maximum atomic E-state index is 11.8. The van der Waals surface area contributed by atoms with Crippen molar-refractivity contribution in [2.45, 2.75) is 56.3 Å². The van der Waals surface area contributed by atoms with Gasteiger partial charge in [-0.05, 0) is 37.7 Å². The van der Waals surface area contributed by atoms with Crippen molar-refractivity contribution in [3.8, 4) is 0 Å². The molecule has 0 radical (unpaired) electrons. The largest absolute Gasteiger partial charge is 0.467 e. The Bertz CT molecular complexity index is 665. The third-order valence-corrected chi connectivity index (χ3v) is 5.12. The summed E-state index contributed by atoms with van der Waals surface area (Å²) in [5, 5.41) is 15.3. The van der Waals surface area contributed by atoms with E-state index in [0.717, 1.165) is 29.6 Å². The summed E-state index contributed by atoms with van der Waals surface area (Å²) in [5.74, 6) is 1.78. The van der Waals surface area contributed by atoms with E-state index in [2.05, 4.69) is 25.4 Å². The molecule has 1 aliphatic carbocycles. The van der Waals surface area contributed by atoms with E-state index >= 15 is 0 Å². The first-order valence-electron chi connectivity index (χ1n) is 8.80. The quantitative estimate of drug-likeness (QED) is 0.556. The van der Waals surface area contributed by atoms with Gasteiger partial charge >= 0.3 is 6.03 Å². The van der Waals surface area contributed by atoms with Gasteiger partial charge in [0, 0.05) is 19.0 Å². The molecular formula is C17H25N5O2S. The molecule has 136 valence electrons. The van der Waals surface area contributed by atoms with Crippen LogP contribution in [0.4, 0.5) is 4.79 Å². The van der Waals surface area contributed by atoms with Crippen LogP contribution in [0.15, 0.2) is 28.0 Å². The maximum Gasteiger partial charge on any atom is 0.315 e. The number of hydrogen-bond acceptors (Lipinski definition) is 5. The molecule has 0 saturated heterocycles. The molecule has 0 atom stereocenters. The van der Waals surface area contributed by atoms with Crippen molar-refractivity contribution in [2.75, 3.05) is 12.8 Å². The van der Waals surface area contributed by atoms with Crippen LogP contribution in [0.2, 0.25) is 0 Å². The van der Waals surface area contributed by atoms with E-state index in [1.807, 2.05) is 12.3 Å².